The summed E-state index contributed by atoms with van der Waals surface area (Å²) in [6.45, 7) is 1.98. The van der Waals surface area contributed by atoms with Gasteiger partial charge in [-0.3, -0.25) is 9.59 Å². The Kier molecular flexibility index (Phi) is 5.33. The van der Waals surface area contributed by atoms with Gasteiger partial charge < -0.3 is 5.32 Å². The number of halogens is 1. The minimum atomic E-state index is -0.191. The van der Waals surface area contributed by atoms with Gasteiger partial charge in [-0.1, -0.05) is 29.3 Å². The quantitative estimate of drug-likeness (QED) is 0.531. The number of hydrogen-bond donors (Lipinski definition) is 1. The highest BCUT2D eigenvalue weighted by Crippen LogP contribution is 2.39. The molecular formula is C23H20ClNO2S. The first kappa shape index (κ1) is 18.9. The smallest absolute Gasteiger partial charge is 0.256 e. The average molecular weight is 410 g/mol. The standard InChI is InChI=1S/C23H20ClNO2S/c1-14-6-8-16(9-7-14)22(27)25-23-20(18-4-2-3-5-19(18)28-23)21(26)15-10-12-17(24)13-11-15/h6-13H,2-5H2,1H3,(H,25,27). The van der Waals surface area contributed by atoms with E-state index in [1.54, 1.807) is 36.4 Å². The lowest BCUT2D eigenvalue weighted by Gasteiger charge is -2.13. The zero-order valence-corrected chi connectivity index (χ0v) is 17.1. The summed E-state index contributed by atoms with van der Waals surface area (Å²) in [5.74, 6) is -0.251. The molecule has 2 aromatic carbocycles. The van der Waals surface area contributed by atoms with Crippen molar-refractivity contribution in [1.82, 2.24) is 0 Å². The van der Waals surface area contributed by atoms with Gasteiger partial charge in [-0.25, -0.2) is 0 Å². The maximum Gasteiger partial charge on any atom is 0.256 e. The summed E-state index contributed by atoms with van der Waals surface area (Å²) < 4.78 is 0. The van der Waals surface area contributed by atoms with Gasteiger partial charge in [0.05, 0.1) is 5.56 Å². The van der Waals surface area contributed by atoms with Gasteiger partial charge in [-0.2, -0.15) is 0 Å². The van der Waals surface area contributed by atoms with Crippen molar-refractivity contribution in [1.29, 1.82) is 0 Å². The molecule has 0 atom stereocenters. The van der Waals surface area contributed by atoms with Gasteiger partial charge in [0.25, 0.3) is 5.91 Å². The van der Waals surface area contributed by atoms with E-state index >= 15 is 0 Å². The molecule has 0 fully saturated rings. The van der Waals surface area contributed by atoms with E-state index in [0.29, 0.717) is 26.7 Å². The summed E-state index contributed by atoms with van der Waals surface area (Å²) in [4.78, 5) is 27.3. The van der Waals surface area contributed by atoms with Crippen LogP contribution in [-0.4, -0.2) is 11.7 Å². The Balaban J connectivity index is 1.71. The lowest BCUT2D eigenvalue weighted by atomic mass is 9.92. The maximum absolute atomic E-state index is 13.3. The number of thiophene rings is 1. The minimum Gasteiger partial charge on any atom is -0.313 e. The van der Waals surface area contributed by atoms with Crippen molar-refractivity contribution in [2.75, 3.05) is 5.32 Å². The van der Waals surface area contributed by atoms with Crippen LogP contribution < -0.4 is 5.32 Å². The number of nitrogens with one attached hydrogen (secondary N) is 1. The van der Waals surface area contributed by atoms with E-state index in [2.05, 4.69) is 5.32 Å². The molecule has 1 heterocycles. The highest BCUT2D eigenvalue weighted by Gasteiger charge is 2.27. The first-order valence-corrected chi connectivity index (χ1v) is 10.5. The van der Waals surface area contributed by atoms with Crippen LogP contribution in [0.15, 0.2) is 48.5 Å². The van der Waals surface area contributed by atoms with Gasteiger partial charge >= 0.3 is 0 Å². The van der Waals surface area contributed by atoms with Crippen LogP contribution >= 0.6 is 22.9 Å². The van der Waals surface area contributed by atoms with E-state index in [0.717, 1.165) is 36.8 Å². The van der Waals surface area contributed by atoms with Crippen LogP contribution in [-0.2, 0) is 12.8 Å². The van der Waals surface area contributed by atoms with Crippen LogP contribution in [0.5, 0.6) is 0 Å². The average Bonchev–Trinajstić information content (AvgIpc) is 3.06. The Labute approximate surface area is 173 Å². The van der Waals surface area contributed by atoms with Crippen LogP contribution in [0, 0.1) is 6.92 Å². The largest absolute Gasteiger partial charge is 0.313 e. The van der Waals surface area contributed by atoms with Crippen LogP contribution in [0.3, 0.4) is 0 Å². The molecular weight excluding hydrogens is 390 g/mol. The summed E-state index contributed by atoms with van der Waals surface area (Å²) in [5, 5.41) is 4.24. The highest BCUT2D eigenvalue weighted by atomic mass is 35.5. The van der Waals surface area contributed by atoms with Crippen molar-refractivity contribution in [3.05, 3.63) is 86.2 Å². The van der Waals surface area contributed by atoms with Crippen molar-refractivity contribution in [3.8, 4) is 0 Å². The Morgan fingerprint density at radius 3 is 2.29 bits per heavy atom. The molecule has 1 amide bonds. The number of carbonyl (C=O) groups excluding carboxylic acids is 2. The van der Waals surface area contributed by atoms with Gasteiger partial charge in [-0.05, 0) is 74.6 Å². The Hall–Kier alpha value is -2.43. The molecule has 5 heteroatoms. The van der Waals surface area contributed by atoms with E-state index in [1.165, 1.54) is 16.2 Å². The van der Waals surface area contributed by atoms with Crippen LogP contribution in [0.2, 0.25) is 5.02 Å². The van der Waals surface area contributed by atoms with E-state index in [4.69, 9.17) is 11.6 Å². The summed E-state index contributed by atoms with van der Waals surface area (Å²) in [6, 6.07) is 14.3. The predicted octanol–water partition coefficient (Wildman–Crippen LogP) is 6.07. The zero-order valence-electron chi connectivity index (χ0n) is 15.5. The zero-order chi connectivity index (χ0) is 19.7. The first-order valence-electron chi connectivity index (χ1n) is 9.36. The number of amides is 1. The minimum absolute atomic E-state index is 0.0599. The topological polar surface area (TPSA) is 46.2 Å². The fraction of sp³-hybridized carbons (Fsp3) is 0.217. The molecule has 1 aliphatic rings. The molecule has 0 aliphatic heterocycles. The second-order valence-electron chi connectivity index (χ2n) is 7.07. The number of carbonyl (C=O) groups is 2. The van der Waals surface area contributed by atoms with Crippen molar-refractivity contribution in [3.63, 3.8) is 0 Å². The molecule has 0 radical (unpaired) electrons. The Morgan fingerprint density at radius 2 is 1.57 bits per heavy atom. The second kappa shape index (κ2) is 7.90. The third kappa shape index (κ3) is 3.75. The maximum atomic E-state index is 13.3. The normalized spacial score (nSPS) is 13.1. The number of hydrogen-bond acceptors (Lipinski definition) is 3. The number of ketones is 1. The molecule has 0 saturated heterocycles. The summed E-state index contributed by atoms with van der Waals surface area (Å²) in [6.07, 6.45) is 4.02. The molecule has 0 saturated carbocycles. The summed E-state index contributed by atoms with van der Waals surface area (Å²) >= 11 is 7.50. The number of anilines is 1. The molecule has 1 N–H and O–H groups in total. The molecule has 3 aromatic rings. The Bertz CT molecular complexity index is 1040. The lowest BCUT2D eigenvalue weighted by Crippen LogP contribution is -2.15. The molecule has 0 bridgehead atoms. The molecule has 0 unspecified atom stereocenters. The summed E-state index contributed by atoms with van der Waals surface area (Å²) in [5.41, 5.74) is 4.00. The van der Waals surface area contributed by atoms with Crippen molar-refractivity contribution >= 4 is 39.6 Å². The molecule has 142 valence electrons. The summed E-state index contributed by atoms with van der Waals surface area (Å²) in [7, 11) is 0. The number of rotatable bonds is 4. The molecule has 0 spiro atoms. The van der Waals surface area contributed by atoms with Crippen molar-refractivity contribution in [2.45, 2.75) is 32.6 Å². The van der Waals surface area contributed by atoms with Crippen molar-refractivity contribution in [2.24, 2.45) is 0 Å². The highest BCUT2D eigenvalue weighted by molar-refractivity contribution is 7.17. The van der Waals surface area contributed by atoms with Gasteiger partial charge in [0.2, 0.25) is 0 Å². The van der Waals surface area contributed by atoms with Gasteiger partial charge in [0.15, 0.2) is 5.78 Å². The third-order valence-electron chi connectivity index (χ3n) is 5.05. The van der Waals surface area contributed by atoms with E-state index in [9.17, 15) is 9.59 Å². The molecule has 1 aliphatic carbocycles. The van der Waals surface area contributed by atoms with Gasteiger partial charge in [0, 0.05) is 21.0 Å². The van der Waals surface area contributed by atoms with Gasteiger partial charge in [-0.15, -0.1) is 11.3 Å². The number of aryl methyl sites for hydroxylation is 2. The van der Waals surface area contributed by atoms with E-state index < -0.39 is 0 Å². The number of fused-ring (bicyclic) bond motifs is 1. The Morgan fingerprint density at radius 1 is 0.929 bits per heavy atom. The molecule has 3 nitrogen and oxygen atoms in total. The monoisotopic (exact) mass is 409 g/mol. The fourth-order valence-electron chi connectivity index (χ4n) is 3.52. The van der Waals surface area contributed by atoms with Gasteiger partial charge in [0.1, 0.15) is 5.00 Å². The van der Waals surface area contributed by atoms with Crippen molar-refractivity contribution < 1.29 is 9.59 Å². The SMILES string of the molecule is Cc1ccc(C(=O)Nc2sc3c(c2C(=O)c2ccc(Cl)cc2)CCCC3)cc1. The molecule has 4 rings (SSSR count). The van der Waals surface area contributed by atoms with Crippen LogP contribution in [0.4, 0.5) is 5.00 Å². The van der Waals surface area contributed by atoms with E-state index in [1.807, 2.05) is 19.1 Å². The first-order chi connectivity index (χ1) is 13.5. The van der Waals surface area contributed by atoms with E-state index in [-0.39, 0.29) is 11.7 Å². The lowest BCUT2D eigenvalue weighted by molar-refractivity contribution is 0.102. The van der Waals surface area contributed by atoms with Crippen LogP contribution in [0.25, 0.3) is 0 Å². The molecule has 28 heavy (non-hydrogen) atoms. The predicted molar refractivity (Wildman–Crippen MR) is 115 cm³/mol. The fourth-order valence-corrected chi connectivity index (χ4v) is 4.93. The second-order valence-corrected chi connectivity index (χ2v) is 8.61. The third-order valence-corrected chi connectivity index (χ3v) is 6.50. The molecule has 1 aromatic heterocycles. The number of benzene rings is 2. The van der Waals surface area contributed by atoms with Crippen LogP contribution in [0.1, 0.15) is 55.1 Å².